The lowest BCUT2D eigenvalue weighted by molar-refractivity contribution is 0.647. The van der Waals surface area contributed by atoms with Gasteiger partial charge in [0.1, 0.15) is 22.3 Å². The number of para-hydroxylation sites is 4. The number of nitrogens with zero attached hydrogens (tertiary/aromatic N) is 8. The van der Waals surface area contributed by atoms with Crippen LogP contribution in [0.2, 0.25) is 0 Å². The first kappa shape index (κ1) is 72.5. The maximum Gasteiger partial charge on any atom is 0.164 e. The molecule has 10 nitrogen and oxygen atoms in total. The highest BCUT2D eigenvalue weighted by molar-refractivity contribution is 6.16. The first-order valence-corrected chi connectivity index (χ1v) is 43.0. The fourth-order valence-corrected chi connectivity index (χ4v) is 20.0. The second-order valence-corrected chi connectivity index (χ2v) is 34.5. The van der Waals surface area contributed by atoms with Gasteiger partial charge in [-0.25, -0.2) is 29.9 Å². The third-order valence-electron chi connectivity index (χ3n) is 26.5. The third kappa shape index (κ3) is 11.7. The molecule has 0 saturated heterocycles. The van der Waals surface area contributed by atoms with Gasteiger partial charge in [-0.1, -0.05) is 282 Å². The Morgan fingerprint density at radius 2 is 0.468 bits per heavy atom. The van der Waals surface area contributed by atoms with E-state index < -0.39 is 0 Å². The molecule has 0 fully saturated rings. The summed E-state index contributed by atoms with van der Waals surface area (Å²) in [4.78, 5) is 30.7. The second-order valence-electron chi connectivity index (χ2n) is 34.5. The highest BCUT2D eigenvalue weighted by Gasteiger charge is 2.40. The topological polar surface area (TPSA) is 113 Å². The van der Waals surface area contributed by atoms with E-state index in [1.165, 1.54) is 105 Å². The van der Waals surface area contributed by atoms with Crippen molar-refractivity contribution in [3.63, 3.8) is 0 Å². The number of hydrogen-bond donors (Lipinski definition) is 0. The van der Waals surface area contributed by atoms with Gasteiger partial charge in [-0.15, -0.1) is 0 Å². The molecular weight excluding hydrogens is 1540 g/mol. The van der Waals surface area contributed by atoms with Crippen molar-refractivity contribution in [2.75, 3.05) is 0 Å². The van der Waals surface area contributed by atoms with Gasteiger partial charge < -0.3 is 18.0 Å². The predicted octanol–water partition coefficient (Wildman–Crippen LogP) is 30.0. The number of fused-ring (bicyclic) bond motifs is 20. The van der Waals surface area contributed by atoms with Crippen LogP contribution in [0.3, 0.4) is 0 Å². The van der Waals surface area contributed by atoms with E-state index in [2.05, 4.69) is 401 Å². The minimum absolute atomic E-state index is 0.221. The van der Waals surface area contributed by atoms with Crippen LogP contribution in [0, 0.1) is 0 Å². The predicted molar refractivity (Wildman–Crippen MR) is 517 cm³/mol. The van der Waals surface area contributed by atoms with E-state index in [0.717, 1.165) is 116 Å². The van der Waals surface area contributed by atoms with E-state index in [1.807, 2.05) is 24.3 Å². The van der Waals surface area contributed by atoms with Crippen LogP contribution in [0.15, 0.2) is 397 Å². The average Bonchev–Trinajstić information content (AvgIpc) is 1.54. The fourth-order valence-electron chi connectivity index (χ4n) is 20.0. The molecule has 24 aromatic rings. The Morgan fingerprint density at radius 3 is 0.849 bits per heavy atom. The molecule has 6 aromatic heterocycles. The van der Waals surface area contributed by atoms with Crippen molar-refractivity contribution in [3.8, 4) is 124 Å². The smallest absolute Gasteiger partial charge is 0.164 e. The number of hydrogen-bond acceptors (Lipinski definition) is 8. The standard InChI is InChI=1S/C60H40N4O.C56H36N4O/c1-60(2)51-35-54-49(33-47(51)48-34-50-46-18-10-12-20-55(46)65-56(50)36-52(48)60)45-17-9-11-19-53(45)64(54)44-31-29-43(30-32-44)59-62-57(41-25-21-39(22-26-41)37-13-5-3-6-14-37)61-58(63-59)42-27-23-40(24-28-42)38-15-7-4-8-16-38;1-56(2)47-31-50-45(29-43(47)44-30-46-42-16-8-10-18-51(42)61-52(46)32-48(44)56)41-15-7-9-17-49(41)60(50)40-25-23-35(24-26-40)53-57-54(38-21-19-33-11-3-5-13-36(33)27-38)59-55(58-53)39-22-20-34-12-4-6-14-37(34)28-39/h3-36H,1-2H3;3-32H,1-2H3. The molecule has 6 heterocycles. The van der Waals surface area contributed by atoms with Crippen molar-refractivity contribution in [2.45, 2.75) is 38.5 Å². The normalized spacial score (nSPS) is 13.0. The summed E-state index contributed by atoms with van der Waals surface area (Å²) in [6, 6.07) is 138. The molecule has 126 heavy (non-hydrogen) atoms. The van der Waals surface area contributed by atoms with Crippen LogP contribution < -0.4 is 0 Å². The Bertz CT molecular complexity index is 8420. The zero-order chi connectivity index (χ0) is 83.6. The fraction of sp³-hybridized carbons (Fsp3) is 0.0517. The lowest BCUT2D eigenvalue weighted by Crippen LogP contribution is -2.15. The molecule has 0 atom stereocenters. The van der Waals surface area contributed by atoms with E-state index in [1.54, 1.807) is 0 Å². The van der Waals surface area contributed by atoms with Crippen LogP contribution in [0.25, 0.3) is 233 Å². The van der Waals surface area contributed by atoms with Gasteiger partial charge >= 0.3 is 0 Å². The number of furan rings is 2. The Balaban J connectivity index is 0.000000138. The van der Waals surface area contributed by atoms with Crippen molar-refractivity contribution in [1.82, 2.24) is 39.0 Å². The van der Waals surface area contributed by atoms with E-state index in [-0.39, 0.29) is 10.8 Å². The lowest BCUT2D eigenvalue weighted by atomic mass is 9.82. The van der Waals surface area contributed by atoms with Gasteiger partial charge in [0.2, 0.25) is 0 Å². The average molecular weight is 1610 g/mol. The summed E-state index contributed by atoms with van der Waals surface area (Å²) in [6.07, 6.45) is 0. The van der Waals surface area contributed by atoms with E-state index in [4.69, 9.17) is 38.7 Å². The van der Waals surface area contributed by atoms with Crippen LogP contribution in [0.5, 0.6) is 0 Å². The van der Waals surface area contributed by atoms with Crippen LogP contribution in [0.1, 0.15) is 49.9 Å². The molecule has 2 aliphatic rings. The van der Waals surface area contributed by atoms with Crippen LogP contribution >= 0.6 is 0 Å². The van der Waals surface area contributed by atoms with Gasteiger partial charge in [-0.3, -0.25) is 0 Å². The van der Waals surface area contributed by atoms with E-state index in [9.17, 15) is 0 Å². The highest BCUT2D eigenvalue weighted by Crippen LogP contribution is 2.56. The van der Waals surface area contributed by atoms with Crippen LogP contribution in [-0.4, -0.2) is 39.0 Å². The minimum Gasteiger partial charge on any atom is -0.456 e. The van der Waals surface area contributed by atoms with Crippen molar-refractivity contribution < 1.29 is 8.83 Å². The molecule has 0 saturated carbocycles. The molecule has 18 aromatic carbocycles. The molecule has 0 spiro atoms. The molecule has 0 N–H and O–H groups in total. The summed E-state index contributed by atoms with van der Waals surface area (Å²) in [5.41, 5.74) is 30.7. The molecule has 0 amide bonds. The first-order chi connectivity index (χ1) is 61.9. The maximum atomic E-state index is 6.39. The molecule has 0 aliphatic heterocycles. The maximum absolute atomic E-state index is 6.39. The zero-order valence-electron chi connectivity index (χ0n) is 69.3. The summed E-state index contributed by atoms with van der Waals surface area (Å²) < 4.78 is 17.6. The van der Waals surface area contributed by atoms with Crippen LogP contribution in [0.4, 0.5) is 0 Å². The summed E-state index contributed by atoms with van der Waals surface area (Å²) in [5.74, 6) is 3.79. The van der Waals surface area contributed by atoms with Crippen molar-refractivity contribution in [2.24, 2.45) is 0 Å². The van der Waals surface area contributed by atoms with Crippen molar-refractivity contribution in [3.05, 3.63) is 411 Å². The largest absolute Gasteiger partial charge is 0.456 e. The van der Waals surface area contributed by atoms with Gasteiger partial charge in [-0.2, -0.15) is 0 Å². The summed E-state index contributed by atoms with van der Waals surface area (Å²) in [5, 5.41) is 14.2. The van der Waals surface area contributed by atoms with Crippen molar-refractivity contribution in [1.29, 1.82) is 0 Å². The van der Waals surface area contributed by atoms with Gasteiger partial charge in [-0.05, 0) is 222 Å². The molecule has 2 aliphatic carbocycles. The SMILES string of the molecule is CC1(C)c2cc3oc4ccccc4c3cc2-c2cc3c4ccccc4n(-c4ccc(-c5nc(-c6ccc(-c7ccccc7)cc6)nc(-c6ccc(-c7ccccc7)cc6)n5)cc4)c3cc21.CC1(C)c2cc3oc4ccccc4c3cc2-c2cc3c4ccccc4n(-c4ccc(-c5nc(-c6ccc7ccccc7c6)nc(-c6ccc7ccccc7c6)n5)cc4)c3cc21. The number of rotatable bonds is 10. The van der Waals surface area contributed by atoms with Gasteiger partial charge in [0.05, 0.1) is 22.1 Å². The van der Waals surface area contributed by atoms with Gasteiger partial charge in [0.15, 0.2) is 34.9 Å². The Hall–Kier alpha value is -16.3. The van der Waals surface area contributed by atoms with Gasteiger partial charge in [0, 0.05) is 98.7 Å². The lowest BCUT2D eigenvalue weighted by Gasteiger charge is -2.21. The second kappa shape index (κ2) is 28.1. The minimum atomic E-state index is -0.227. The summed E-state index contributed by atoms with van der Waals surface area (Å²) >= 11 is 0. The molecule has 592 valence electrons. The van der Waals surface area contributed by atoms with Crippen molar-refractivity contribution >= 4 is 109 Å². The van der Waals surface area contributed by atoms with Gasteiger partial charge in [0.25, 0.3) is 0 Å². The third-order valence-corrected chi connectivity index (χ3v) is 26.5. The molecule has 10 heteroatoms. The summed E-state index contributed by atoms with van der Waals surface area (Å²) in [7, 11) is 0. The Morgan fingerprint density at radius 1 is 0.190 bits per heavy atom. The quantitative estimate of drug-likeness (QED) is 0.133. The first-order valence-electron chi connectivity index (χ1n) is 43.0. The molecule has 0 radical (unpaired) electrons. The number of benzene rings is 18. The van der Waals surface area contributed by atoms with Crippen LogP contribution in [-0.2, 0) is 10.8 Å². The van der Waals surface area contributed by atoms with E-state index >= 15 is 0 Å². The Labute approximate surface area is 725 Å². The molecule has 26 rings (SSSR count). The monoisotopic (exact) mass is 1610 g/mol. The summed E-state index contributed by atoms with van der Waals surface area (Å²) in [6.45, 7) is 9.36. The Kier molecular flexibility index (Phi) is 16.2. The molecular formula is C116H76N8O2. The number of aromatic nitrogens is 8. The van der Waals surface area contributed by atoms with E-state index in [0.29, 0.717) is 34.9 Å². The highest BCUT2D eigenvalue weighted by atomic mass is 16.3. The molecule has 0 bridgehead atoms. The molecule has 0 unspecified atom stereocenters. The zero-order valence-corrected chi connectivity index (χ0v) is 69.3.